The van der Waals surface area contributed by atoms with Gasteiger partial charge in [-0.1, -0.05) is 13.8 Å². The van der Waals surface area contributed by atoms with Crippen LogP contribution >= 0.6 is 0 Å². The number of nitrogens with zero attached hydrogens (tertiary/aromatic N) is 1. The van der Waals surface area contributed by atoms with Gasteiger partial charge in [0, 0.05) is 13.1 Å². The Kier molecular flexibility index (Phi) is 4.49. The van der Waals surface area contributed by atoms with E-state index in [-0.39, 0.29) is 13.1 Å². The highest BCUT2D eigenvalue weighted by molar-refractivity contribution is 4.57. The lowest BCUT2D eigenvalue weighted by molar-refractivity contribution is -0.245. The Bertz CT molecular complexity index is 94.3. The van der Waals surface area contributed by atoms with Gasteiger partial charge in [-0.15, -0.1) is 0 Å². The Morgan fingerprint density at radius 2 is 1.36 bits per heavy atom. The predicted octanol–water partition coefficient (Wildman–Crippen LogP) is 2.63. The molecule has 0 aromatic heterocycles. The largest absolute Gasteiger partial charge is 0.459 e. The number of hydrogen-bond donors (Lipinski definition) is 0. The maximum atomic E-state index is 12.0. The first-order chi connectivity index (χ1) is 5.02. The maximum Gasteiger partial charge on any atom is 0.459 e. The van der Waals surface area contributed by atoms with Crippen LogP contribution in [0.25, 0.3) is 0 Å². The third-order valence-corrected chi connectivity index (χ3v) is 1.35. The Hall–Kier alpha value is -0.250. The van der Waals surface area contributed by atoms with Crippen LogP contribution in [0.15, 0.2) is 0 Å². The molecule has 0 radical (unpaired) electrons. The van der Waals surface area contributed by atoms with Crippen molar-refractivity contribution in [2.75, 3.05) is 13.1 Å². The molecule has 1 nitrogen and oxygen atoms in total. The molecule has 0 unspecified atom stereocenters. The van der Waals surface area contributed by atoms with Crippen LogP contribution in [0.5, 0.6) is 0 Å². The van der Waals surface area contributed by atoms with E-state index in [4.69, 9.17) is 0 Å². The topological polar surface area (TPSA) is 3.24 Å². The molecule has 0 fully saturated rings. The van der Waals surface area contributed by atoms with Gasteiger partial charge in [-0.25, -0.2) is 4.90 Å². The fraction of sp³-hybridized carbons (Fsp3) is 1.00. The van der Waals surface area contributed by atoms with Crippen LogP contribution in [0.4, 0.5) is 13.2 Å². The third kappa shape index (κ3) is 4.24. The minimum Gasteiger partial charge on any atom is -0.214 e. The Balaban J connectivity index is 3.88. The van der Waals surface area contributed by atoms with Gasteiger partial charge in [-0.2, -0.15) is 13.2 Å². The summed E-state index contributed by atoms with van der Waals surface area (Å²) in [5, 5.41) is 0. The van der Waals surface area contributed by atoms with E-state index >= 15 is 0 Å². The summed E-state index contributed by atoms with van der Waals surface area (Å²) in [6.07, 6.45) is -3.06. The van der Waals surface area contributed by atoms with E-state index in [9.17, 15) is 13.2 Å². The van der Waals surface area contributed by atoms with Crippen LogP contribution in [0.2, 0.25) is 0 Å². The van der Waals surface area contributed by atoms with Gasteiger partial charge in [0.1, 0.15) is 0 Å². The molecule has 4 heteroatoms. The van der Waals surface area contributed by atoms with Gasteiger partial charge in [0.25, 0.3) is 0 Å². The minimum absolute atomic E-state index is 0.108. The number of halogens is 3. The summed E-state index contributed by atoms with van der Waals surface area (Å²) in [4.78, 5) is 0.549. The van der Waals surface area contributed by atoms with Crippen LogP contribution in [0.3, 0.4) is 0 Å². The molecule has 0 aliphatic rings. The Morgan fingerprint density at radius 1 is 1.00 bits per heavy atom. The van der Waals surface area contributed by atoms with Crippen molar-refractivity contribution >= 4 is 0 Å². The lowest BCUT2D eigenvalue weighted by Crippen LogP contribution is -2.38. The van der Waals surface area contributed by atoms with Crippen molar-refractivity contribution in [1.82, 2.24) is 4.90 Å². The maximum absolute atomic E-state index is 12.0. The summed E-state index contributed by atoms with van der Waals surface area (Å²) in [5.74, 6) is 0. The van der Waals surface area contributed by atoms with Crippen LogP contribution in [0.1, 0.15) is 26.7 Å². The summed E-state index contributed by atoms with van der Waals surface area (Å²) in [6, 6.07) is 0. The molecule has 0 rings (SSSR count). The zero-order chi connectivity index (χ0) is 8.91. The van der Waals surface area contributed by atoms with Crippen molar-refractivity contribution in [1.29, 1.82) is 0 Å². The zero-order valence-electron chi connectivity index (χ0n) is 6.91. The molecule has 0 aromatic rings. The minimum atomic E-state index is -4.15. The van der Waals surface area contributed by atoms with Crippen molar-refractivity contribution < 1.29 is 13.2 Å². The van der Waals surface area contributed by atoms with Crippen LogP contribution in [-0.4, -0.2) is 24.3 Å². The molecule has 68 valence electrons. The standard InChI is InChI=1S/C7H14F3N/c1-3-5-11(6-4-2)7(8,9)10/h3-6H2,1-2H3. The summed E-state index contributed by atoms with van der Waals surface area (Å²) in [7, 11) is 0. The molecule has 0 bridgehead atoms. The van der Waals surface area contributed by atoms with Gasteiger partial charge in [0.2, 0.25) is 0 Å². The Labute approximate surface area is 65.2 Å². The van der Waals surface area contributed by atoms with Crippen molar-refractivity contribution in [2.45, 2.75) is 33.0 Å². The van der Waals surface area contributed by atoms with Crippen molar-refractivity contribution in [3.8, 4) is 0 Å². The van der Waals surface area contributed by atoms with E-state index in [2.05, 4.69) is 0 Å². The third-order valence-electron chi connectivity index (χ3n) is 1.35. The fourth-order valence-electron chi connectivity index (χ4n) is 0.905. The van der Waals surface area contributed by atoms with Gasteiger partial charge in [-0.05, 0) is 12.8 Å². The average Bonchev–Trinajstić information content (AvgIpc) is 1.85. The van der Waals surface area contributed by atoms with Gasteiger partial charge in [0.15, 0.2) is 0 Å². The van der Waals surface area contributed by atoms with Crippen LogP contribution < -0.4 is 0 Å². The summed E-state index contributed by atoms with van der Waals surface area (Å²) >= 11 is 0. The van der Waals surface area contributed by atoms with Gasteiger partial charge in [0.05, 0.1) is 0 Å². The van der Waals surface area contributed by atoms with Crippen LogP contribution in [0, 0.1) is 0 Å². The number of rotatable bonds is 4. The van der Waals surface area contributed by atoms with Crippen LogP contribution in [-0.2, 0) is 0 Å². The molecule has 0 spiro atoms. The van der Waals surface area contributed by atoms with Crippen molar-refractivity contribution in [3.63, 3.8) is 0 Å². The molecule has 0 saturated carbocycles. The molecule has 11 heavy (non-hydrogen) atoms. The second-order valence-electron chi connectivity index (χ2n) is 2.45. The smallest absolute Gasteiger partial charge is 0.214 e. The molecule has 0 saturated heterocycles. The molecule has 0 N–H and O–H groups in total. The SMILES string of the molecule is CCCN(CCC)C(F)(F)F. The van der Waals surface area contributed by atoms with E-state index < -0.39 is 6.30 Å². The Morgan fingerprint density at radius 3 is 1.55 bits per heavy atom. The molecular formula is C7H14F3N. The van der Waals surface area contributed by atoms with Gasteiger partial charge < -0.3 is 0 Å². The van der Waals surface area contributed by atoms with E-state index in [0.717, 1.165) is 0 Å². The monoisotopic (exact) mass is 169 g/mol. The van der Waals surface area contributed by atoms with Crippen molar-refractivity contribution in [2.24, 2.45) is 0 Å². The van der Waals surface area contributed by atoms with E-state index in [1.165, 1.54) is 0 Å². The summed E-state index contributed by atoms with van der Waals surface area (Å²) in [5.41, 5.74) is 0. The van der Waals surface area contributed by atoms with E-state index in [1.807, 2.05) is 0 Å². The number of alkyl halides is 3. The normalized spacial score (nSPS) is 12.5. The molecule has 0 aromatic carbocycles. The molecule has 0 heterocycles. The quantitative estimate of drug-likeness (QED) is 0.585. The van der Waals surface area contributed by atoms with E-state index in [0.29, 0.717) is 17.7 Å². The molecule has 0 aliphatic heterocycles. The summed E-state index contributed by atoms with van der Waals surface area (Å²) < 4.78 is 36.1. The number of hydrogen-bond acceptors (Lipinski definition) is 1. The van der Waals surface area contributed by atoms with Crippen molar-refractivity contribution in [3.05, 3.63) is 0 Å². The van der Waals surface area contributed by atoms with E-state index in [1.54, 1.807) is 13.8 Å². The molecular weight excluding hydrogens is 155 g/mol. The lowest BCUT2D eigenvalue weighted by Gasteiger charge is -2.23. The van der Waals surface area contributed by atoms with Gasteiger partial charge >= 0.3 is 6.30 Å². The molecule has 0 atom stereocenters. The summed E-state index contributed by atoms with van der Waals surface area (Å²) in [6.45, 7) is 3.71. The highest BCUT2D eigenvalue weighted by Crippen LogP contribution is 2.21. The zero-order valence-corrected chi connectivity index (χ0v) is 6.91. The second kappa shape index (κ2) is 4.59. The highest BCUT2D eigenvalue weighted by atomic mass is 19.4. The second-order valence-corrected chi connectivity index (χ2v) is 2.45. The first-order valence-electron chi connectivity index (χ1n) is 3.84. The lowest BCUT2D eigenvalue weighted by atomic mass is 10.4. The first kappa shape index (κ1) is 10.8. The highest BCUT2D eigenvalue weighted by Gasteiger charge is 2.35. The molecule has 0 amide bonds. The fourth-order valence-corrected chi connectivity index (χ4v) is 0.905. The first-order valence-corrected chi connectivity index (χ1v) is 3.84. The average molecular weight is 169 g/mol. The molecule has 0 aliphatic carbocycles. The predicted molar refractivity (Wildman–Crippen MR) is 38.2 cm³/mol. The van der Waals surface area contributed by atoms with Gasteiger partial charge in [-0.3, -0.25) is 0 Å².